The van der Waals surface area contributed by atoms with Gasteiger partial charge in [-0.1, -0.05) is 18.2 Å². The van der Waals surface area contributed by atoms with Gasteiger partial charge in [0.2, 0.25) is 5.91 Å². The lowest BCUT2D eigenvalue weighted by molar-refractivity contribution is -0.118. The standard InChI is InChI=1S/C14H21N3OS2/c18-13(11-19)15-9-5-2-6-10-16-14(20)17-12-7-3-1-4-8-12/h1,3-4,7-8,19H,2,5-6,9-11H2,(H,15,18)(H2,16,17,20). The summed E-state index contributed by atoms with van der Waals surface area (Å²) in [6.07, 6.45) is 3.04. The molecule has 1 aromatic rings. The Morgan fingerprint density at radius 2 is 1.70 bits per heavy atom. The lowest BCUT2D eigenvalue weighted by atomic mass is 10.2. The van der Waals surface area contributed by atoms with E-state index in [2.05, 4.69) is 28.6 Å². The highest BCUT2D eigenvalue weighted by atomic mass is 32.1. The summed E-state index contributed by atoms with van der Waals surface area (Å²) in [6.45, 7) is 1.55. The van der Waals surface area contributed by atoms with E-state index in [1.807, 2.05) is 30.3 Å². The summed E-state index contributed by atoms with van der Waals surface area (Å²) < 4.78 is 0. The van der Waals surface area contributed by atoms with E-state index >= 15 is 0 Å². The van der Waals surface area contributed by atoms with Crippen LogP contribution < -0.4 is 16.0 Å². The van der Waals surface area contributed by atoms with Crippen molar-refractivity contribution in [2.75, 3.05) is 24.2 Å². The van der Waals surface area contributed by atoms with Gasteiger partial charge in [0.15, 0.2) is 5.11 Å². The Morgan fingerprint density at radius 1 is 1.05 bits per heavy atom. The molecule has 0 unspecified atom stereocenters. The highest BCUT2D eigenvalue weighted by Gasteiger charge is 1.97. The van der Waals surface area contributed by atoms with E-state index in [-0.39, 0.29) is 11.7 Å². The number of rotatable bonds is 8. The van der Waals surface area contributed by atoms with E-state index in [0.717, 1.165) is 31.5 Å². The Hall–Kier alpha value is -1.27. The van der Waals surface area contributed by atoms with Crippen LogP contribution in [0.15, 0.2) is 30.3 Å². The molecule has 0 atom stereocenters. The smallest absolute Gasteiger partial charge is 0.229 e. The molecule has 0 bridgehead atoms. The maximum Gasteiger partial charge on any atom is 0.229 e. The molecule has 4 nitrogen and oxygen atoms in total. The zero-order chi connectivity index (χ0) is 14.6. The Kier molecular flexibility index (Phi) is 8.82. The molecule has 110 valence electrons. The highest BCUT2D eigenvalue weighted by molar-refractivity contribution is 7.81. The fourth-order valence-corrected chi connectivity index (χ4v) is 1.94. The van der Waals surface area contributed by atoms with Gasteiger partial charge in [-0.25, -0.2) is 0 Å². The first kappa shape index (κ1) is 16.8. The molecule has 0 aliphatic carbocycles. The molecule has 1 aromatic carbocycles. The summed E-state index contributed by atoms with van der Waals surface area (Å²) in [5.41, 5.74) is 0.986. The number of amides is 1. The van der Waals surface area contributed by atoms with Crippen molar-refractivity contribution in [1.29, 1.82) is 0 Å². The second kappa shape index (κ2) is 10.5. The summed E-state index contributed by atoms with van der Waals surface area (Å²) in [6, 6.07) is 9.83. The lowest BCUT2D eigenvalue weighted by Crippen LogP contribution is -2.29. The van der Waals surface area contributed by atoms with Crippen molar-refractivity contribution < 1.29 is 4.79 Å². The number of thiocarbonyl (C=S) groups is 1. The van der Waals surface area contributed by atoms with Crippen molar-refractivity contribution in [3.8, 4) is 0 Å². The molecule has 1 rings (SSSR count). The van der Waals surface area contributed by atoms with Gasteiger partial charge in [0.1, 0.15) is 0 Å². The van der Waals surface area contributed by atoms with Gasteiger partial charge in [-0.2, -0.15) is 12.6 Å². The SMILES string of the molecule is O=C(CS)NCCCCCNC(=S)Nc1ccccc1. The quantitative estimate of drug-likeness (QED) is 0.338. The van der Waals surface area contributed by atoms with Gasteiger partial charge >= 0.3 is 0 Å². The second-order valence-corrected chi connectivity index (χ2v) is 5.04. The van der Waals surface area contributed by atoms with Gasteiger partial charge in [-0.15, -0.1) is 0 Å². The predicted molar refractivity (Wildman–Crippen MR) is 91.4 cm³/mol. The zero-order valence-corrected chi connectivity index (χ0v) is 13.1. The minimum atomic E-state index is -0.0142. The normalized spacial score (nSPS) is 9.85. The summed E-state index contributed by atoms with van der Waals surface area (Å²) in [4.78, 5) is 10.9. The molecule has 0 heterocycles. The number of hydrogen-bond acceptors (Lipinski definition) is 3. The maximum atomic E-state index is 10.9. The van der Waals surface area contributed by atoms with Crippen LogP contribution in [0, 0.1) is 0 Å². The van der Waals surface area contributed by atoms with Crippen LogP contribution in [0.3, 0.4) is 0 Å². The first-order valence-electron chi connectivity index (χ1n) is 6.70. The zero-order valence-electron chi connectivity index (χ0n) is 11.4. The fraction of sp³-hybridized carbons (Fsp3) is 0.429. The number of hydrogen-bond donors (Lipinski definition) is 4. The highest BCUT2D eigenvalue weighted by Crippen LogP contribution is 2.04. The summed E-state index contributed by atoms with van der Waals surface area (Å²) in [5, 5.41) is 9.71. The van der Waals surface area contributed by atoms with Crippen LogP contribution in [0.25, 0.3) is 0 Å². The molecule has 6 heteroatoms. The van der Waals surface area contributed by atoms with Gasteiger partial charge in [0, 0.05) is 18.8 Å². The van der Waals surface area contributed by atoms with E-state index in [1.165, 1.54) is 0 Å². The molecule has 0 spiro atoms. The average Bonchev–Trinajstić information content (AvgIpc) is 2.47. The fourth-order valence-electron chi connectivity index (χ4n) is 1.61. The molecule has 1 amide bonds. The molecule has 0 aromatic heterocycles. The monoisotopic (exact) mass is 311 g/mol. The molecule has 0 saturated carbocycles. The molecule has 0 radical (unpaired) electrons. The number of benzene rings is 1. The molecule has 0 aliphatic heterocycles. The number of anilines is 1. The van der Waals surface area contributed by atoms with Crippen LogP contribution in [0.2, 0.25) is 0 Å². The van der Waals surface area contributed by atoms with Crippen LogP contribution in [-0.2, 0) is 4.79 Å². The van der Waals surface area contributed by atoms with Gasteiger partial charge in [-0.05, 0) is 43.6 Å². The van der Waals surface area contributed by atoms with E-state index in [1.54, 1.807) is 0 Å². The topological polar surface area (TPSA) is 53.2 Å². The molecule has 0 fully saturated rings. The Morgan fingerprint density at radius 3 is 2.35 bits per heavy atom. The van der Waals surface area contributed by atoms with Gasteiger partial charge in [0.25, 0.3) is 0 Å². The molecular formula is C14H21N3OS2. The summed E-state index contributed by atoms with van der Waals surface area (Å²) in [7, 11) is 0. The first-order valence-corrected chi connectivity index (χ1v) is 7.74. The number of thiol groups is 1. The van der Waals surface area contributed by atoms with Crippen LogP contribution in [0.5, 0.6) is 0 Å². The van der Waals surface area contributed by atoms with Crippen LogP contribution in [0.4, 0.5) is 5.69 Å². The van der Waals surface area contributed by atoms with Crippen molar-refractivity contribution in [1.82, 2.24) is 10.6 Å². The van der Waals surface area contributed by atoms with E-state index in [9.17, 15) is 4.79 Å². The van der Waals surface area contributed by atoms with Gasteiger partial charge < -0.3 is 16.0 Å². The van der Waals surface area contributed by atoms with Gasteiger partial charge in [0.05, 0.1) is 5.75 Å². The van der Waals surface area contributed by atoms with Crippen molar-refractivity contribution >= 4 is 41.6 Å². The van der Waals surface area contributed by atoms with Crippen LogP contribution in [0.1, 0.15) is 19.3 Å². The molecule has 3 N–H and O–H groups in total. The predicted octanol–water partition coefficient (Wildman–Crippen LogP) is 2.19. The third kappa shape index (κ3) is 8.01. The van der Waals surface area contributed by atoms with Crippen LogP contribution >= 0.6 is 24.8 Å². The van der Waals surface area contributed by atoms with Crippen LogP contribution in [-0.4, -0.2) is 29.9 Å². The van der Waals surface area contributed by atoms with Gasteiger partial charge in [-0.3, -0.25) is 4.79 Å². The minimum absolute atomic E-state index is 0.0142. The molecule has 0 aliphatic rings. The largest absolute Gasteiger partial charge is 0.362 e. The average molecular weight is 311 g/mol. The van der Waals surface area contributed by atoms with Crippen molar-refractivity contribution in [2.24, 2.45) is 0 Å². The first-order chi connectivity index (χ1) is 9.72. The van der Waals surface area contributed by atoms with Crippen molar-refractivity contribution in [3.05, 3.63) is 30.3 Å². The lowest BCUT2D eigenvalue weighted by Gasteiger charge is -2.10. The van der Waals surface area contributed by atoms with E-state index in [0.29, 0.717) is 11.7 Å². The van der Waals surface area contributed by atoms with Crippen molar-refractivity contribution in [3.63, 3.8) is 0 Å². The number of carbonyl (C=O) groups is 1. The Labute approximate surface area is 131 Å². The maximum absolute atomic E-state index is 10.9. The number of para-hydroxylation sites is 1. The number of carbonyl (C=O) groups excluding carboxylic acids is 1. The summed E-state index contributed by atoms with van der Waals surface area (Å²) in [5.74, 6) is 0.237. The molecular weight excluding hydrogens is 290 g/mol. The van der Waals surface area contributed by atoms with Crippen molar-refractivity contribution in [2.45, 2.75) is 19.3 Å². The number of unbranched alkanes of at least 4 members (excludes halogenated alkanes) is 2. The molecule has 20 heavy (non-hydrogen) atoms. The summed E-state index contributed by atoms with van der Waals surface area (Å²) >= 11 is 9.09. The Balaban J connectivity index is 1.98. The second-order valence-electron chi connectivity index (χ2n) is 4.32. The third-order valence-corrected chi connectivity index (χ3v) is 3.17. The molecule has 0 saturated heterocycles. The van der Waals surface area contributed by atoms with E-state index in [4.69, 9.17) is 12.2 Å². The minimum Gasteiger partial charge on any atom is -0.362 e. The van der Waals surface area contributed by atoms with E-state index < -0.39 is 0 Å². The Bertz CT molecular complexity index is 412. The third-order valence-electron chi connectivity index (χ3n) is 2.64. The number of nitrogens with one attached hydrogen (secondary N) is 3.